The summed E-state index contributed by atoms with van der Waals surface area (Å²) in [4.78, 5) is 4.77. The molecule has 0 spiro atoms. The molecule has 0 aliphatic heterocycles. The Morgan fingerprint density at radius 1 is 0.459 bits per heavy atom. The first-order valence-corrected chi connectivity index (χ1v) is 24.9. The third-order valence-corrected chi connectivity index (χ3v) is 15.1. The van der Waals surface area contributed by atoms with Gasteiger partial charge in [0.15, 0.2) is 5.58 Å². The predicted octanol–water partition coefficient (Wildman–Crippen LogP) is 16.0. The van der Waals surface area contributed by atoms with Crippen molar-refractivity contribution in [2.75, 3.05) is 9.80 Å². The lowest BCUT2D eigenvalue weighted by Crippen LogP contribution is -2.37. The molecule has 1 heterocycles. The third-order valence-electron chi connectivity index (χ3n) is 13.0. The topological polar surface area (TPSA) is 19.6 Å². The number of benzene rings is 9. The zero-order chi connectivity index (χ0) is 41.6. The molecular weight excluding hydrogens is 757 g/mol. The van der Waals surface area contributed by atoms with Crippen LogP contribution >= 0.6 is 0 Å². The van der Waals surface area contributed by atoms with E-state index in [2.05, 4.69) is 226 Å². The summed E-state index contributed by atoms with van der Waals surface area (Å²) >= 11 is 0. The van der Waals surface area contributed by atoms with Crippen LogP contribution in [0, 0.1) is 6.92 Å². The van der Waals surface area contributed by atoms with Crippen molar-refractivity contribution in [1.29, 1.82) is 0 Å². The minimum absolute atomic E-state index is 0.276. The Balaban J connectivity index is 1.08. The van der Waals surface area contributed by atoms with Gasteiger partial charge < -0.3 is 14.2 Å². The molecule has 0 atom stereocenters. The van der Waals surface area contributed by atoms with Gasteiger partial charge in [-0.2, -0.15) is 0 Å². The number of furan rings is 1. The second-order valence-electron chi connectivity index (χ2n) is 18.3. The molecule has 0 fully saturated rings. The van der Waals surface area contributed by atoms with Crippen molar-refractivity contribution in [3.05, 3.63) is 199 Å². The van der Waals surface area contributed by atoms with E-state index in [1.165, 1.54) is 54.5 Å². The highest BCUT2D eigenvalue weighted by molar-refractivity contribution is 6.88. The molecule has 0 N–H and O–H groups in total. The summed E-state index contributed by atoms with van der Waals surface area (Å²) in [6.45, 7) is 14.2. The first kappa shape index (κ1) is 37.1. The largest absolute Gasteiger partial charge is 0.454 e. The lowest BCUT2D eigenvalue weighted by Gasteiger charge is -2.37. The Bertz CT molecular complexity index is 3320. The van der Waals surface area contributed by atoms with Gasteiger partial charge >= 0.3 is 0 Å². The number of fused-ring (bicyclic) bond motifs is 7. The summed E-state index contributed by atoms with van der Waals surface area (Å²) in [5.74, 6) is 0. The highest BCUT2D eigenvalue weighted by atomic mass is 28.3. The van der Waals surface area contributed by atoms with Crippen LogP contribution in [0.2, 0.25) is 19.6 Å². The molecular formula is C57H48N2OSi. The van der Waals surface area contributed by atoms with E-state index in [9.17, 15) is 0 Å². The Hall–Kier alpha value is -6.88. The summed E-state index contributed by atoms with van der Waals surface area (Å²) in [7, 11) is -1.45. The van der Waals surface area contributed by atoms with Gasteiger partial charge in [-0.1, -0.05) is 147 Å². The minimum Gasteiger partial charge on any atom is -0.454 e. The maximum atomic E-state index is 6.66. The quantitative estimate of drug-likeness (QED) is 0.118. The van der Waals surface area contributed by atoms with Gasteiger partial charge in [0, 0.05) is 44.6 Å². The third kappa shape index (κ3) is 6.00. The Labute approximate surface area is 359 Å². The SMILES string of the molecule is Cc1ccc(N(c2ccc3c(c2)C(C)(C)c2cccc4c2c-3cc2ccc(N(c3ccccc3)c3ccc([Si](C)(C)C)cc3)cc24)c2cccc3c2oc2ccccc23)cc1. The van der Waals surface area contributed by atoms with Gasteiger partial charge in [0.1, 0.15) is 5.58 Å². The van der Waals surface area contributed by atoms with Crippen molar-refractivity contribution in [2.45, 2.75) is 45.8 Å². The fourth-order valence-corrected chi connectivity index (χ4v) is 11.0. The fourth-order valence-electron chi connectivity index (χ4n) is 9.80. The number of anilines is 6. The van der Waals surface area contributed by atoms with Crippen molar-refractivity contribution in [2.24, 2.45) is 0 Å². The van der Waals surface area contributed by atoms with Gasteiger partial charge in [-0.25, -0.2) is 0 Å². The van der Waals surface area contributed by atoms with Crippen LogP contribution in [0.25, 0.3) is 54.6 Å². The number of hydrogen-bond acceptors (Lipinski definition) is 3. The van der Waals surface area contributed by atoms with Gasteiger partial charge in [0.2, 0.25) is 0 Å². The van der Waals surface area contributed by atoms with Crippen LogP contribution in [0.15, 0.2) is 186 Å². The molecule has 10 aromatic rings. The van der Waals surface area contributed by atoms with Crippen LogP contribution < -0.4 is 15.0 Å². The van der Waals surface area contributed by atoms with Crippen molar-refractivity contribution in [3.63, 3.8) is 0 Å². The lowest BCUT2D eigenvalue weighted by atomic mass is 9.68. The van der Waals surface area contributed by atoms with E-state index in [0.29, 0.717) is 0 Å². The molecule has 1 aromatic heterocycles. The van der Waals surface area contributed by atoms with E-state index in [-0.39, 0.29) is 5.41 Å². The molecule has 3 nitrogen and oxygen atoms in total. The fraction of sp³-hybridized carbons (Fsp3) is 0.123. The molecule has 0 unspecified atom stereocenters. The summed E-state index contributed by atoms with van der Waals surface area (Å²) in [5, 5.41) is 8.83. The zero-order valence-corrected chi connectivity index (χ0v) is 36.6. The van der Waals surface area contributed by atoms with E-state index in [4.69, 9.17) is 4.42 Å². The average molecular weight is 805 g/mol. The van der Waals surface area contributed by atoms with Crippen molar-refractivity contribution >= 4 is 90.9 Å². The first-order chi connectivity index (χ1) is 29.5. The number of aryl methyl sites for hydroxylation is 1. The van der Waals surface area contributed by atoms with Crippen LogP contribution in [0.5, 0.6) is 0 Å². The van der Waals surface area contributed by atoms with E-state index >= 15 is 0 Å². The molecule has 11 rings (SSSR count). The Morgan fingerprint density at radius 3 is 1.87 bits per heavy atom. The van der Waals surface area contributed by atoms with E-state index < -0.39 is 8.07 Å². The summed E-state index contributed by atoms with van der Waals surface area (Å²) in [5.41, 5.74) is 14.6. The average Bonchev–Trinajstić information content (AvgIpc) is 3.66. The van der Waals surface area contributed by atoms with Gasteiger partial charge in [-0.05, 0) is 130 Å². The highest BCUT2D eigenvalue weighted by Gasteiger charge is 2.35. The Morgan fingerprint density at radius 2 is 1.08 bits per heavy atom. The van der Waals surface area contributed by atoms with Crippen molar-refractivity contribution in [1.82, 2.24) is 0 Å². The van der Waals surface area contributed by atoms with Crippen LogP contribution in [0.1, 0.15) is 30.5 Å². The number of rotatable bonds is 7. The summed E-state index contributed by atoms with van der Waals surface area (Å²) in [6, 6.07) is 67.2. The molecule has 1 aliphatic rings. The second kappa shape index (κ2) is 13.8. The van der Waals surface area contributed by atoms with Crippen LogP contribution in [0.3, 0.4) is 0 Å². The van der Waals surface area contributed by atoms with E-state index in [1.807, 2.05) is 6.07 Å². The molecule has 9 aromatic carbocycles. The molecule has 296 valence electrons. The molecule has 61 heavy (non-hydrogen) atoms. The molecule has 0 bridgehead atoms. The summed E-state index contributed by atoms with van der Waals surface area (Å²) < 4.78 is 6.66. The maximum Gasteiger partial charge on any atom is 0.159 e. The number of para-hydroxylation sites is 3. The first-order valence-electron chi connectivity index (χ1n) is 21.4. The molecule has 0 amide bonds. The van der Waals surface area contributed by atoms with Crippen LogP contribution in [0.4, 0.5) is 34.1 Å². The number of hydrogen-bond donors (Lipinski definition) is 0. The smallest absolute Gasteiger partial charge is 0.159 e. The maximum absolute atomic E-state index is 6.66. The monoisotopic (exact) mass is 804 g/mol. The standard InChI is InChI=1S/C57H48N2OSi/c1-37-22-25-41(26-23-37)59(53-20-13-18-48-46-16-10-11-21-54(46)60-56(48)53)43-30-33-45-50-34-38-24-27-42(35-49(38)47-17-12-19-51(55(47)50)57(2,3)52(45)36-43)58(39-14-8-7-9-15-39)40-28-31-44(32-29-40)61(4,5)6/h7-36H,1-6H3. The van der Waals surface area contributed by atoms with Gasteiger partial charge in [0.25, 0.3) is 0 Å². The number of nitrogens with zero attached hydrogens (tertiary/aromatic N) is 2. The van der Waals surface area contributed by atoms with Gasteiger partial charge in [-0.3, -0.25) is 0 Å². The molecule has 0 saturated heterocycles. The van der Waals surface area contributed by atoms with Gasteiger partial charge in [-0.15, -0.1) is 0 Å². The second-order valence-corrected chi connectivity index (χ2v) is 23.4. The van der Waals surface area contributed by atoms with Crippen molar-refractivity contribution in [3.8, 4) is 11.1 Å². The normalized spacial score (nSPS) is 13.2. The Kier molecular flexibility index (Phi) is 8.42. The molecule has 4 heteroatoms. The molecule has 0 saturated carbocycles. The lowest BCUT2D eigenvalue weighted by molar-refractivity contribution is 0.645. The zero-order valence-electron chi connectivity index (χ0n) is 35.6. The van der Waals surface area contributed by atoms with E-state index in [1.54, 1.807) is 0 Å². The predicted molar refractivity (Wildman–Crippen MR) is 263 cm³/mol. The minimum atomic E-state index is -1.45. The van der Waals surface area contributed by atoms with Crippen molar-refractivity contribution < 1.29 is 4.42 Å². The van der Waals surface area contributed by atoms with Gasteiger partial charge in [0.05, 0.1) is 13.8 Å². The highest BCUT2D eigenvalue weighted by Crippen LogP contribution is 2.53. The summed E-state index contributed by atoms with van der Waals surface area (Å²) in [6.07, 6.45) is 0. The molecule has 0 radical (unpaired) electrons. The van der Waals surface area contributed by atoms with Crippen LogP contribution in [-0.4, -0.2) is 8.07 Å². The van der Waals surface area contributed by atoms with E-state index in [0.717, 1.165) is 56.1 Å². The molecule has 1 aliphatic carbocycles. The van der Waals surface area contributed by atoms with Crippen LogP contribution in [-0.2, 0) is 5.41 Å².